The number of benzene rings is 2. The maximum atomic E-state index is 12.6. The number of anilines is 1. The molecule has 2 aromatic carbocycles. The molecule has 0 radical (unpaired) electrons. The molecule has 1 aromatic heterocycles. The van der Waals surface area contributed by atoms with E-state index in [1.165, 1.54) is 42.2 Å². The molecule has 0 bridgehead atoms. The second kappa shape index (κ2) is 7.44. The molecule has 7 heteroatoms. The van der Waals surface area contributed by atoms with Crippen molar-refractivity contribution in [3.8, 4) is 0 Å². The van der Waals surface area contributed by atoms with Crippen LogP contribution in [0.1, 0.15) is 33.9 Å². The van der Waals surface area contributed by atoms with Crippen molar-refractivity contribution in [1.29, 1.82) is 0 Å². The highest BCUT2D eigenvalue weighted by molar-refractivity contribution is 7.92. The van der Waals surface area contributed by atoms with Crippen LogP contribution in [-0.4, -0.2) is 19.3 Å². The summed E-state index contributed by atoms with van der Waals surface area (Å²) >= 11 is 0. The van der Waals surface area contributed by atoms with Crippen LogP contribution in [0.25, 0.3) is 0 Å². The quantitative estimate of drug-likeness (QED) is 0.696. The summed E-state index contributed by atoms with van der Waals surface area (Å²) in [5, 5.41) is 3.04. The lowest BCUT2D eigenvalue weighted by Gasteiger charge is -2.14. The van der Waals surface area contributed by atoms with Gasteiger partial charge in [0.1, 0.15) is 0 Å². The first kappa shape index (κ1) is 18.2. The molecule has 142 valence electrons. The molecule has 3 aromatic rings. The summed E-state index contributed by atoms with van der Waals surface area (Å²) in [5.41, 5.74) is 3.26. The Morgan fingerprint density at radius 2 is 1.68 bits per heavy atom. The zero-order chi connectivity index (χ0) is 19.6. The first-order valence-corrected chi connectivity index (χ1v) is 10.4. The lowest BCUT2D eigenvalue weighted by atomic mass is 10.1. The van der Waals surface area contributed by atoms with Gasteiger partial charge in [0.05, 0.1) is 16.6 Å². The Balaban J connectivity index is 1.46. The van der Waals surface area contributed by atoms with Gasteiger partial charge in [-0.05, 0) is 60.4 Å². The van der Waals surface area contributed by atoms with Crippen LogP contribution in [0.3, 0.4) is 0 Å². The van der Waals surface area contributed by atoms with Crippen molar-refractivity contribution in [2.75, 3.05) is 4.72 Å². The Bertz CT molecular complexity index is 1100. The van der Waals surface area contributed by atoms with Crippen LogP contribution in [-0.2, 0) is 16.4 Å². The molecule has 4 rings (SSSR count). The third-order valence-corrected chi connectivity index (χ3v) is 6.19. The van der Waals surface area contributed by atoms with Crippen molar-refractivity contribution in [2.45, 2.75) is 23.8 Å². The molecule has 1 aliphatic rings. The van der Waals surface area contributed by atoms with Crippen molar-refractivity contribution in [3.05, 3.63) is 89.7 Å². The lowest BCUT2D eigenvalue weighted by molar-refractivity contribution is 0.0936. The van der Waals surface area contributed by atoms with Gasteiger partial charge in [0.2, 0.25) is 0 Å². The third-order valence-electron chi connectivity index (χ3n) is 4.80. The van der Waals surface area contributed by atoms with Crippen molar-refractivity contribution in [3.63, 3.8) is 0 Å². The molecule has 0 saturated heterocycles. The molecule has 0 fully saturated rings. The maximum absolute atomic E-state index is 12.6. The Kier molecular flexibility index (Phi) is 4.83. The van der Waals surface area contributed by atoms with E-state index in [4.69, 9.17) is 0 Å². The normalized spacial score (nSPS) is 15.6. The number of hydrogen-bond acceptors (Lipinski definition) is 4. The fourth-order valence-electron chi connectivity index (χ4n) is 3.37. The highest BCUT2D eigenvalue weighted by Gasteiger charge is 2.24. The van der Waals surface area contributed by atoms with E-state index >= 15 is 0 Å². The minimum atomic E-state index is -3.73. The van der Waals surface area contributed by atoms with Crippen LogP contribution in [0.15, 0.2) is 78.0 Å². The van der Waals surface area contributed by atoms with Gasteiger partial charge < -0.3 is 5.32 Å². The summed E-state index contributed by atoms with van der Waals surface area (Å²) in [4.78, 5) is 16.5. The predicted molar refractivity (Wildman–Crippen MR) is 106 cm³/mol. The number of fused-ring (bicyclic) bond motifs is 1. The number of carbonyl (C=O) groups is 1. The second-order valence-corrected chi connectivity index (χ2v) is 8.31. The molecule has 6 nitrogen and oxygen atoms in total. The summed E-state index contributed by atoms with van der Waals surface area (Å²) < 4.78 is 27.4. The molecule has 28 heavy (non-hydrogen) atoms. The van der Waals surface area contributed by atoms with Crippen LogP contribution in [0.5, 0.6) is 0 Å². The molecule has 1 heterocycles. The van der Waals surface area contributed by atoms with Crippen molar-refractivity contribution < 1.29 is 13.2 Å². The smallest absolute Gasteiger partial charge is 0.261 e. The van der Waals surface area contributed by atoms with Gasteiger partial charge in [0, 0.05) is 18.0 Å². The Morgan fingerprint density at radius 1 is 0.964 bits per heavy atom. The van der Waals surface area contributed by atoms with Crippen molar-refractivity contribution in [1.82, 2.24) is 10.3 Å². The van der Waals surface area contributed by atoms with Gasteiger partial charge in [-0.2, -0.15) is 0 Å². The average Bonchev–Trinajstić information content (AvgIpc) is 3.11. The fourth-order valence-corrected chi connectivity index (χ4v) is 4.43. The van der Waals surface area contributed by atoms with Crippen molar-refractivity contribution in [2.24, 2.45) is 0 Å². The van der Waals surface area contributed by atoms with Crippen LogP contribution < -0.4 is 10.0 Å². The van der Waals surface area contributed by atoms with Gasteiger partial charge in [-0.15, -0.1) is 0 Å². The van der Waals surface area contributed by atoms with Gasteiger partial charge in [-0.3, -0.25) is 14.5 Å². The Labute approximate surface area is 163 Å². The molecule has 1 unspecified atom stereocenters. The Hall–Kier alpha value is -3.19. The molecular formula is C21H19N3O3S. The number of amides is 1. The molecule has 1 atom stereocenters. The van der Waals surface area contributed by atoms with Crippen LogP contribution in [0.2, 0.25) is 0 Å². The van der Waals surface area contributed by atoms with E-state index in [2.05, 4.69) is 21.1 Å². The van der Waals surface area contributed by atoms with Crippen LogP contribution in [0.4, 0.5) is 5.69 Å². The summed E-state index contributed by atoms with van der Waals surface area (Å²) in [6.07, 6.45) is 4.82. The van der Waals surface area contributed by atoms with E-state index < -0.39 is 10.0 Å². The number of pyridine rings is 1. The SMILES string of the molecule is O=C(NC1CCc2ccccc21)c1ccc(S(=O)(=O)Nc2ccncc2)cc1. The maximum Gasteiger partial charge on any atom is 0.261 e. The highest BCUT2D eigenvalue weighted by atomic mass is 32.2. The van der Waals surface area contributed by atoms with Gasteiger partial charge in [0.25, 0.3) is 15.9 Å². The zero-order valence-corrected chi connectivity index (χ0v) is 15.8. The monoisotopic (exact) mass is 393 g/mol. The molecular weight excluding hydrogens is 374 g/mol. The summed E-state index contributed by atoms with van der Waals surface area (Å²) in [6.45, 7) is 0. The van der Waals surface area contributed by atoms with Gasteiger partial charge >= 0.3 is 0 Å². The zero-order valence-electron chi connectivity index (χ0n) is 15.0. The first-order valence-electron chi connectivity index (χ1n) is 8.94. The molecule has 0 saturated carbocycles. The largest absolute Gasteiger partial charge is 0.345 e. The molecule has 0 spiro atoms. The number of aromatic nitrogens is 1. The molecule has 0 aliphatic heterocycles. The third kappa shape index (κ3) is 3.75. The number of nitrogens with one attached hydrogen (secondary N) is 2. The molecule has 1 aliphatic carbocycles. The summed E-state index contributed by atoms with van der Waals surface area (Å²) in [6, 6.07) is 17.1. The van der Waals surface area contributed by atoms with Gasteiger partial charge in [-0.25, -0.2) is 8.42 Å². The number of rotatable bonds is 5. The van der Waals surface area contributed by atoms with E-state index in [0.717, 1.165) is 18.4 Å². The standard InChI is InChI=1S/C21H19N3O3S/c25-21(23-20-10-7-15-3-1-2-4-19(15)20)16-5-8-18(9-6-16)28(26,27)24-17-11-13-22-14-12-17/h1-6,8-9,11-14,20H,7,10H2,(H,22,24)(H,23,25). The van der Waals surface area contributed by atoms with E-state index in [1.54, 1.807) is 12.1 Å². The number of carbonyl (C=O) groups excluding carboxylic acids is 1. The van der Waals surface area contributed by atoms with E-state index in [1.807, 2.05) is 18.2 Å². The molecule has 1 amide bonds. The highest BCUT2D eigenvalue weighted by Crippen LogP contribution is 2.31. The minimum absolute atomic E-state index is 0.0135. The minimum Gasteiger partial charge on any atom is -0.345 e. The number of aryl methyl sites for hydroxylation is 1. The fraction of sp³-hybridized carbons (Fsp3) is 0.143. The van der Waals surface area contributed by atoms with Gasteiger partial charge in [-0.1, -0.05) is 24.3 Å². The van der Waals surface area contributed by atoms with Crippen LogP contribution in [0, 0.1) is 0 Å². The topological polar surface area (TPSA) is 88.2 Å². The Morgan fingerprint density at radius 3 is 2.43 bits per heavy atom. The van der Waals surface area contributed by atoms with Gasteiger partial charge in [0.15, 0.2) is 0 Å². The lowest BCUT2D eigenvalue weighted by Crippen LogP contribution is -2.27. The first-order chi connectivity index (χ1) is 13.5. The number of hydrogen-bond donors (Lipinski definition) is 2. The van der Waals surface area contributed by atoms with Crippen LogP contribution >= 0.6 is 0 Å². The number of nitrogens with zero attached hydrogens (tertiary/aromatic N) is 1. The summed E-state index contributed by atoms with van der Waals surface area (Å²) in [7, 11) is -3.73. The number of sulfonamides is 1. The summed E-state index contributed by atoms with van der Waals surface area (Å²) in [5.74, 6) is -0.215. The molecule has 2 N–H and O–H groups in total. The average molecular weight is 393 g/mol. The van der Waals surface area contributed by atoms with E-state index in [-0.39, 0.29) is 16.8 Å². The predicted octanol–water partition coefficient (Wildman–Crippen LogP) is 3.30. The second-order valence-electron chi connectivity index (χ2n) is 6.63. The van der Waals surface area contributed by atoms with E-state index in [9.17, 15) is 13.2 Å². The van der Waals surface area contributed by atoms with E-state index in [0.29, 0.717) is 11.3 Å². The van der Waals surface area contributed by atoms with Crippen molar-refractivity contribution >= 4 is 21.6 Å².